The minimum atomic E-state index is -0.692. The van der Waals surface area contributed by atoms with Crippen LogP contribution in [0.2, 0.25) is 0 Å². The number of aliphatic hydroxyl groups excluding tert-OH is 1. The smallest absolute Gasteiger partial charge is 0.303 e. The molecule has 1 fully saturated rings. The molecule has 1 aliphatic carbocycles. The Morgan fingerprint density at radius 2 is 1.60 bits per heavy atom. The number of aliphatic hydroxyl groups is 1. The van der Waals surface area contributed by atoms with Gasteiger partial charge in [-0.25, -0.2) is 0 Å². The number of carboxylic acid groups (broad SMARTS) is 1. The Bertz CT molecular complexity index is 1160. The molecule has 2 aromatic carbocycles. The molecule has 4 atom stereocenters. The first-order chi connectivity index (χ1) is 22.1. The van der Waals surface area contributed by atoms with E-state index in [9.17, 15) is 15.0 Å². The third-order valence-electron chi connectivity index (χ3n) is 10.4. The monoisotopic (exact) mass is 651 g/mol. The lowest BCUT2D eigenvalue weighted by molar-refractivity contribution is -0.138. The Kier molecular flexibility index (Phi) is 16.4. The van der Waals surface area contributed by atoms with Crippen LogP contribution in [0.15, 0.2) is 60.7 Å². The molecule has 6 heteroatoms. The van der Waals surface area contributed by atoms with E-state index in [4.69, 9.17) is 5.73 Å². The Balaban J connectivity index is 1.56. The van der Waals surface area contributed by atoms with Crippen molar-refractivity contribution < 1.29 is 15.0 Å². The summed E-state index contributed by atoms with van der Waals surface area (Å²) in [6, 6.07) is 17.2. The summed E-state index contributed by atoms with van der Waals surface area (Å²) in [5.74, 6) is 3.73. The molecule has 45 heavy (non-hydrogen) atoms. The average Bonchev–Trinajstić information content (AvgIpc) is 3.05. The molecule has 0 bridgehead atoms. The van der Waals surface area contributed by atoms with E-state index in [0.29, 0.717) is 24.3 Å². The molecule has 1 aliphatic heterocycles. The SMILES string of the molecule is NCC[C@@H]1CC[C@@H](C/C=C\CCC2CCCCC2)[C@H](Cc2cccc(CO)c2)CSSCc2ccccc2CC[C@@H]1CC(=O)O. The van der Waals surface area contributed by atoms with Crippen molar-refractivity contribution in [2.24, 2.45) is 35.3 Å². The Morgan fingerprint density at radius 3 is 2.38 bits per heavy atom. The number of hydrogen-bond acceptors (Lipinski definition) is 5. The maximum Gasteiger partial charge on any atom is 0.303 e. The van der Waals surface area contributed by atoms with Gasteiger partial charge in [0.1, 0.15) is 0 Å². The fourth-order valence-electron chi connectivity index (χ4n) is 7.77. The molecular formula is C39H57NO3S2. The fourth-order valence-corrected chi connectivity index (χ4v) is 10.4. The van der Waals surface area contributed by atoms with Crippen LogP contribution in [-0.2, 0) is 30.0 Å². The van der Waals surface area contributed by atoms with Gasteiger partial charge in [0.2, 0.25) is 0 Å². The van der Waals surface area contributed by atoms with Gasteiger partial charge in [-0.15, -0.1) is 0 Å². The average molecular weight is 652 g/mol. The molecule has 248 valence electrons. The normalized spacial score (nSPS) is 24.2. The van der Waals surface area contributed by atoms with E-state index in [1.54, 1.807) is 0 Å². The number of fused-ring (bicyclic) bond motifs is 1. The number of carboxylic acids is 1. The Morgan fingerprint density at radius 1 is 0.822 bits per heavy atom. The van der Waals surface area contributed by atoms with Crippen LogP contribution < -0.4 is 5.73 Å². The van der Waals surface area contributed by atoms with Gasteiger partial charge >= 0.3 is 5.97 Å². The van der Waals surface area contributed by atoms with Gasteiger partial charge in [-0.3, -0.25) is 4.79 Å². The molecule has 0 unspecified atom stereocenters. The van der Waals surface area contributed by atoms with Crippen molar-refractivity contribution in [2.45, 2.75) is 109 Å². The summed E-state index contributed by atoms with van der Waals surface area (Å²) in [6.45, 7) is 0.675. The van der Waals surface area contributed by atoms with Crippen molar-refractivity contribution in [2.75, 3.05) is 12.3 Å². The predicted octanol–water partition coefficient (Wildman–Crippen LogP) is 9.62. The largest absolute Gasteiger partial charge is 0.481 e. The lowest BCUT2D eigenvalue weighted by Gasteiger charge is -2.31. The summed E-state index contributed by atoms with van der Waals surface area (Å²) < 4.78 is 0. The van der Waals surface area contributed by atoms with Gasteiger partial charge in [0.05, 0.1) is 6.61 Å². The summed E-state index contributed by atoms with van der Waals surface area (Å²) in [6.07, 6.45) is 21.6. The van der Waals surface area contributed by atoms with Crippen LogP contribution in [-0.4, -0.2) is 28.5 Å². The highest BCUT2D eigenvalue weighted by molar-refractivity contribution is 8.76. The standard InChI is InChI=1S/C39H57NO3S2/c40-23-22-35-19-18-34(15-6-2-5-12-30-10-3-1-4-11-30)38(25-31-13-9-14-32(24-31)27-41)29-45-44-28-37-17-8-7-16-33(37)20-21-36(35)26-39(42)43/h2,6-9,13-14,16-17,24,30,34-36,38,41H,1,3-5,10-12,15,18-23,25-29,40H2,(H,42,43)/b6-2-/t34-,35+,36-,38-/m1/s1. The van der Waals surface area contributed by atoms with Crippen molar-refractivity contribution in [3.8, 4) is 0 Å². The van der Waals surface area contributed by atoms with Crippen molar-refractivity contribution in [1.82, 2.24) is 0 Å². The minimum Gasteiger partial charge on any atom is -0.481 e. The zero-order valence-corrected chi connectivity index (χ0v) is 28.9. The summed E-state index contributed by atoms with van der Waals surface area (Å²) in [7, 11) is 3.97. The van der Waals surface area contributed by atoms with Gasteiger partial charge in [0, 0.05) is 17.9 Å². The number of aryl methyl sites for hydroxylation is 1. The Hall–Kier alpha value is -1.73. The summed E-state index contributed by atoms with van der Waals surface area (Å²) in [5, 5.41) is 19.7. The first kappa shape index (κ1) is 36.1. The highest BCUT2D eigenvalue weighted by atomic mass is 33.1. The molecule has 4 rings (SSSR count). The second-order valence-electron chi connectivity index (χ2n) is 13.6. The van der Waals surface area contributed by atoms with Gasteiger partial charge in [0.15, 0.2) is 0 Å². The third kappa shape index (κ3) is 12.8. The van der Waals surface area contributed by atoms with Crippen LogP contribution in [0.1, 0.15) is 106 Å². The number of allylic oxidation sites excluding steroid dienone is 2. The molecule has 0 spiro atoms. The van der Waals surface area contributed by atoms with E-state index < -0.39 is 5.97 Å². The quantitative estimate of drug-likeness (QED) is 0.157. The molecular weight excluding hydrogens is 595 g/mol. The topological polar surface area (TPSA) is 83.5 Å². The molecule has 0 saturated heterocycles. The Labute approximate surface area is 280 Å². The number of nitrogens with two attached hydrogens (primary N) is 1. The van der Waals surface area contributed by atoms with E-state index in [1.165, 1.54) is 61.6 Å². The van der Waals surface area contributed by atoms with E-state index in [1.807, 2.05) is 27.7 Å². The maximum absolute atomic E-state index is 12.1. The summed E-state index contributed by atoms with van der Waals surface area (Å²) in [5.41, 5.74) is 11.2. The lowest BCUT2D eigenvalue weighted by Crippen LogP contribution is -2.25. The number of benzene rings is 2. The van der Waals surface area contributed by atoms with Gasteiger partial charge in [0.25, 0.3) is 0 Å². The summed E-state index contributed by atoms with van der Waals surface area (Å²) >= 11 is 0. The minimum absolute atomic E-state index is 0.0708. The second-order valence-corrected chi connectivity index (χ2v) is 16.1. The first-order valence-electron chi connectivity index (χ1n) is 17.6. The van der Waals surface area contributed by atoms with Gasteiger partial charge < -0.3 is 15.9 Å². The fraction of sp³-hybridized carbons (Fsp3) is 0.615. The van der Waals surface area contributed by atoms with Crippen molar-refractivity contribution >= 4 is 27.6 Å². The first-order valence-corrected chi connectivity index (χ1v) is 20.1. The van der Waals surface area contributed by atoms with Gasteiger partial charge in [-0.2, -0.15) is 0 Å². The molecule has 1 saturated carbocycles. The number of rotatable bonds is 12. The third-order valence-corrected chi connectivity index (χ3v) is 12.9. The van der Waals surface area contributed by atoms with E-state index in [0.717, 1.165) is 67.9 Å². The van der Waals surface area contributed by atoms with E-state index >= 15 is 0 Å². The predicted molar refractivity (Wildman–Crippen MR) is 193 cm³/mol. The molecule has 0 radical (unpaired) electrons. The van der Waals surface area contributed by atoms with Crippen molar-refractivity contribution in [1.29, 1.82) is 0 Å². The molecule has 1 heterocycles. The van der Waals surface area contributed by atoms with Crippen LogP contribution in [0.3, 0.4) is 0 Å². The summed E-state index contributed by atoms with van der Waals surface area (Å²) in [4.78, 5) is 12.1. The molecule has 2 aromatic rings. The van der Waals surface area contributed by atoms with Crippen LogP contribution in [0.5, 0.6) is 0 Å². The van der Waals surface area contributed by atoms with Crippen LogP contribution in [0.25, 0.3) is 0 Å². The van der Waals surface area contributed by atoms with Crippen molar-refractivity contribution in [3.63, 3.8) is 0 Å². The number of aliphatic carboxylic acids is 1. The highest BCUT2D eigenvalue weighted by Crippen LogP contribution is 2.39. The van der Waals surface area contributed by atoms with Crippen LogP contribution in [0, 0.1) is 29.6 Å². The highest BCUT2D eigenvalue weighted by Gasteiger charge is 2.28. The zero-order valence-electron chi connectivity index (χ0n) is 27.3. The van der Waals surface area contributed by atoms with Gasteiger partial charge in [-0.1, -0.05) is 114 Å². The lowest BCUT2D eigenvalue weighted by atomic mass is 9.75. The van der Waals surface area contributed by atoms with E-state index in [-0.39, 0.29) is 18.9 Å². The molecule has 4 N–H and O–H groups in total. The van der Waals surface area contributed by atoms with Crippen LogP contribution >= 0.6 is 21.6 Å². The maximum atomic E-state index is 12.1. The number of carbonyl (C=O) groups is 1. The molecule has 2 aliphatic rings. The molecule has 4 nitrogen and oxygen atoms in total. The molecule has 0 aromatic heterocycles. The zero-order chi connectivity index (χ0) is 31.7. The van der Waals surface area contributed by atoms with Gasteiger partial charge in [-0.05, 0) is 116 Å². The second kappa shape index (κ2) is 20.5. The van der Waals surface area contributed by atoms with E-state index in [2.05, 4.69) is 54.6 Å². The van der Waals surface area contributed by atoms with Crippen molar-refractivity contribution in [3.05, 3.63) is 82.9 Å². The van der Waals surface area contributed by atoms with Crippen LogP contribution in [0.4, 0.5) is 0 Å². The number of hydrogen-bond donors (Lipinski definition) is 3. The molecule has 0 amide bonds.